The van der Waals surface area contributed by atoms with Crippen LogP contribution in [-0.2, 0) is 11.3 Å². The molecule has 6 nitrogen and oxygen atoms in total. The third kappa shape index (κ3) is 4.00. The molecule has 0 radical (unpaired) electrons. The second-order valence-corrected chi connectivity index (χ2v) is 7.14. The van der Waals surface area contributed by atoms with E-state index in [0.717, 1.165) is 29.5 Å². The fourth-order valence-corrected chi connectivity index (χ4v) is 3.08. The van der Waals surface area contributed by atoms with Crippen molar-refractivity contribution in [2.75, 3.05) is 19.0 Å². The molecule has 1 fully saturated rings. The van der Waals surface area contributed by atoms with E-state index in [1.165, 1.54) is 5.39 Å². The maximum absolute atomic E-state index is 12.8. The van der Waals surface area contributed by atoms with Crippen LogP contribution in [0.3, 0.4) is 0 Å². The molecule has 0 spiro atoms. The van der Waals surface area contributed by atoms with Crippen LogP contribution < -0.4 is 4.90 Å². The number of fused-ring (bicyclic) bond motifs is 1. The van der Waals surface area contributed by atoms with Gasteiger partial charge in [-0.25, -0.2) is 9.97 Å². The van der Waals surface area contributed by atoms with Gasteiger partial charge in [-0.05, 0) is 48.1 Å². The SMILES string of the molecule is CN(C)c1ncc(C=CC(=O)N(Cc2ccc3[nH]ccc3c2)C2CC2)cn1. The Bertz CT molecular complexity index is 970. The van der Waals surface area contributed by atoms with Crippen LogP contribution in [0, 0.1) is 0 Å². The summed E-state index contributed by atoms with van der Waals surface area (Å²) in [4.78, 5) is 28.3. The van der Waals surface area contributed by atoms with Gasteiger partial charge in [0.05, 0.1) is 0 Å². The maximum Gasteiger partial charge on any atom is 0.247 e. The summed E-state index contributed by atoms with van der Waals surface area (Å²) in [6.07, 6.45) is 11.0. The van der Waals surface area contributed by atoms with E-state index < -0.39 is 0 Å². The highest BCUT2D eigenvalue weighted by molar-refractivity contribution is 5.92. The van der Waals surface area contributed by atoms with Gasteiger partial charge in [0, 0.05) is 62.4 Å². The molecule has 0 bridgehead atoms. The van der Waals surface area contributed by atoms with Crippen molar-refractivity contribution in [3.63, 3.8) is 0 Å². The number of rotatable bonds is 6. The number of carbonyl (C=O) groups is 1. The Morgan fingerprint density at radius 2 is 2.00 bits per heavy atom. The lowest BCUT2D eigenvalue weighted by molar-refractivity contribution is -0.127. The average Bonchev–Trinajstić information content (AvgIpc) is 3.41. The van der Waals surface area contributed by atoms with Gasteiger partial charge >= 0.3 is 0 Å². The smallest absolute Gasteiger partial charge is 0.247 e. The van der Waals surface area contributed by atoms with Gasteiger partial charge < -0.3 is 14.8 Å². The molecule has 138 valence electrons. The summed E-state index contributed by atoms with van der Waals surface area (Å²) in [5.41, 5.74) is 3.08. The van der Waals surface area contributed by atoms with Crippen LogP contribution in [-0.4, -0.2) is 45.9 Å². The van der Waals surface area contributed by atoms with Gasteiger partial charge in [-0.2, -0.15) is 0 Å². The molecule has 1 aliphatic rings. The molecule has 0 saturated heterocycles. The lowest BCUT2D eigenvalue weighted by Crippen LogP contribution is -2.31. The first kappa shape index (κ1) is 17.3. The van der Waals surface area contributed by atoms with E-state index in [2.05, 4.69) is 39.2 Å². The highest BCUT2D eigenvalue weighted by Gasteiger charge is 2.31. The molecule has 1 amide bonds. The van der Waals surface area contributed by atoms with Crippen molar-refractivity contribution in [1.82, 2.24) is 19.9 Å². The predicted octanol–water partition coefficient (Wildman–Crippen LogP) is 3.23. The van der Waals surface area contributed by atoms with Gasteiger partial charge in [0.25, 0.3) is 0 Å². The van der Waals surface area contributed by atoms with Gasteiger partial charge in [0.1, 0.15) is 0 Å². The number of amides is 1. The number of hydrogen-bond acceptors (Lipinski definition) is 4. The zero-order chi connectivity index (χ0) is 18.8. The number of carbonyl (C=O) groups excluding carboxylic acids is 1. The molecule has 0 unspecified atom stereocenters. The maximum atomic E-state index is 12.8. The fraction of sp³-hybridized carbons (Fsp3) is 0.286. The topological polar surface area (TPSA) is 65.1 Å². The summed E-state index contributed by atoms with van der Waals surface area (Å²) in [7, 11) is 3.79. The molecule has 3 aromatic rings. The Balaban J connectivity index is 1.47. The molecule has 2 heterocycles. The number of nitrogens with zero attached hydrogens (tertiary/aromatic N) is 4. The summed E-state index contributed by atoms with van der Waals surface area (Å²) in [6, 6.07) is 8.70. The normalized spacial score (nSPS) is 14.0. The Morgan fingerprint density at radius 1 is 1.22 bits per heavy atom. The summed E-state index contributed by atoms with van der Waals surface area (Å²) in [5, 5.41) is 1.17. The zero-order valence-electron chi connectivity index (χ0n) is 15.6. The van der Waals surface area contributed by atoms with Gasteiger partial charge in [-0.3, -0.25) is 4.79 Å². The highest BCUT2D eigenvalue weighted by atomic mass is 16.2. The summed E-state index contributed by atoms with van der Waals surface area (Å²) < 4.78 is 0. The molecular formula is C21H23N5O. The van der Waals surface area contributed by atoms with Crippen molar-refractivity contribution < 1.29 is 4.79 Å². The van der Waals surface area contributed by atoms with E-state index in [1.54, 1.807) is 24.5 Å². The van der Waals surface area contributed by atoms with Crippen molar-refractivity contribution in [2.24, 2.45) is 0 Å². The van der Waals surface area contributed by atoms with Crippen molar-refractivity contribution in [1.29, 1.82) is 0 Å². The molecule has 0 atom stereocenters. The van der Waals surface area contributed by atoms with E-state index in [-0.39, 0.29) is 5.91 Å². The van der Waals surface area contributed by atoms with E-state index in [4.69, 9.17) is 0 Å². The van der Waals surface area contributed by atoms with Gasteiger partial charge in [0.2, 0.25) is 11.9 Å². The minimum absolute atomic E-state index is 0.0309. The van der Waals surface area contributed by atoms with Crippen molar-refractivity contribution in [2.45, 2.75) is 25.4 Å². The second kappa shape index (κ2) is 7.23. The van der Waals surface area contributed by atoms with E-state index in [0.29, 0.717) is 18.5 Å². The van der Waals surface area contributed by atoms with Crippen molar-refractivity contribution in [3.8, 4) is 0 Å². The molecule has 0 aliphatic heterocycles. The first-order valence-corrected chi connectivity index (χ1v) is 9.14. The number of aromatic amines is 1. The predicted molar refractivity (Wildman–Crippen MR) is 107 cm³/mol. The van der Waals surface area contributed by atoms with Crippen LogP contribution in [0.5, 0.6) is 0 Å². The number of H-pyrrole nitrogens is 1. The number of nitrogens with one attached hydrogen (secondary N) is 1. The average molecular weight is 361 g/mol. The zero-order valence-corrected chi connectivity index (χ0v) is 15.6. The Kier molecular flexibility index (Phi) is 4.62. The van der Waals surface area contributed by atoms with Gasteiger partial charge in [-0.15, -0.1) is 0 Å². The Morgan fingerprint density at radius 3 is 2.70 bits per heavy atom. The molecule has 1 N–H and O–H groups in total. The van der Waals surface area contributed by atoms with E-state index in [1.807, 2.05) is 30.1 Å². The summed E-state index contributed by atoms with van der Waals surface area (Å²) in [6.45, 7) is 0.630. The van der Waals surface area contributed by atoms with Crippen LogP contribution in [0.2, 0.25) is 0 Å². The van der Waals surface area contributed by atoms with Crippen LogP contribution in [0.4, 0.5) is 5.95 Å². The number of aromatic nitrogens is 3. The third-order valence-corrected chi connectivity index (χ3v) is 4.72. The third-order valence-electron chi connectivity index (χ3n) is 4.72. The minimum atomic E-state index is 0.0309. The van der Waals surface area contributed by atoms with Crippen molar-refractivity contribution in [3.05, 3.63) is 60.1 Å². The first-order chi connectivity index (χ1) is 13.1. The lowest BCUT2D eigenvalue weighted by Gasteiger charge is -2.21. The molecule has 27 heavy (non-hydrogen) atoms. The summed E-state index contributed by atoms with van der Waals surface area (Å²) in [5.74, 6) is 0.682. The Labute approximate surface area is 158 Å². The van der Waals surface area contributed by atoms with Crippen LogP contribution in [0.25, 0.3) is 17.0 Å². The largest absolute Gasteiger partial charge is 0.361 e. The molecule has 2 aromatic heterocycles. The molecule has 4 rings (SSSR count). The Hall–Kier alpha value is -3.15. The number of benzene rings is 1. The van der Waals surface area contributed by atoms with E-state index >= 15 is 0 Å². The number of anilines is 1. The standard InChI is InChI=1S/C21H23N5O/c1-25(2)21-23-12-16(13-24-21)4-8-20(27)26(18-5-6-18)14-15-3-7-19-17(11-15)9-10-22-19/h3-4,7-13,18,22H,5-6,14H2,1-2H3. The molecule has 1 aromatic carbocycles. The molecule has 1 saturated carbocycles. The van der Waals surface area contributed by atoms with E-state index in [9.17, 15) is 4.79 Å². The first-order valence-electron chi connectivity index (χ1n) is 9.14. The minimum Gasteiger partial charge on any atom is -0.361 e. The van der Waals surface area contributed by atoms with Crippen LogP contribution >= 0.6 is 0 Å². The summed E-state index contributed by atoms with van der Waals surface area (Å²) >= 11 is 0. The monoisotopic (exact) mass is 361 g/mol. The van der Waals surface area contributed by atoms with Gasteiger partial charge in [-0.1, -0.05) is 6.07 Å². The molecular weight excluding hydrogens is 338 g/mol. The van der Waals surface area contributed by atoms with Crippen LogP contribution in [0.1, 0.15) is 24.0 Å². The second-order valence-electron chi connectivity index (χ2n) is 7.14. The quantitative estimate of drug-likeness (QED) is 0.685. The van der Waals surface area contributed by atoms with Gasteiger partial charge in [0.15, 0.2) is 0 Å². The fourth-order valence-electron chi connectivity index (χ4n) is 3.08. The number of hydrogen-bond donors (Lipinski definition) is 1. The lowest BCUT2D eigenvalue weighted by atomic mass is 10.1. The van der Waals surface area contributed by atoms with Crippen LogP contribution in [0.15, 0.2) is 48.9 Å². The molecule has 1 aliphatic carbocycles. The molecule has 6 heteroatoms. The van der Waals surface area contributed by atoms with Crippen molar-refractivity contribution >= 4 is 28.8 Å². The highest BCUT2D eigenvalue weighted by Crippen LogP contribution is 2.29.